The maximum absolute atomic E-state index is 11.0. The molecule has 0 fully saturated rings. The third kappa shape index (κ3) is 2.72. The van der Waals surface area contributed by atoms with Crippen molar-refractivity contribution in [1.82, 2.24) is 4.98 Å². The first-order valence-electron chi connectivity index (χ1n) is 5.60. The van der Waals surface area contributed by atoms with Crippen LogP contribution in [-0.4, -0.2) is 21.0 Å². The van der Waals surface area contributed by atoms with E-state index in [1.807, 2.05) is 0 Å². The van der Waals surface area contributed by atoms with Crippen LogP contribution in [0.4, 0.5) is 5.69 Å². The molecule has 1 N–H and O–H groups in total. The van der Waals surface area contributed by atoms with E-state index in [1.54, 1.807) is 6.92 Å². The van der Waals surface area contributed by atoms with E-state index < -0.39 is 10.9 Å². The Labute approximate surface area is 113 Å². The Morgan fingerprint density at radius 3 is 2.75 bits per heavy atom. The zero-order valence-electron chi connectivity index (χ0n) is 10.4. The van der Waals surface area contributed by atoms with Crippen molar-refractivity contribution >= 4 is 11.7 Å². The molecule has 102 valence electrons. The smallest absolute Gasteiger partial charge is 0.341 e. The molecule has 20 heavy (non-hydrogen) atoms. The van der Waals surface area contributed by atoms with Gasteiger partial charge in [0, 0.05) is 18.3 Å². The van der Waals surface area contributed by atoms with Gasteiger partial charge in [-0.3, -0.25) is 10.1 Å². The van der Waals surface area contributed by atoms with Gasteiger partial charge < -0.3 is 9.84 Å². The van der Waals surface area contributed by atoms with E-state index in [1.165, 1.54) is 36.5 Å². The average molecular weight is 274 g/mol. The van der Waals surface area contributed by atoms with Gasteiger partial charge in [0.25, 0.3) is 5.69 Å². The second-order valence-electron chi connectivity index (χ2n) is 3.97. The van der Waals surface area contributed by atoms with Crippen molar-refractivity contribution in [2.75, 3.05) is 0 Å². The van der Waals surface area contributed by atoms with Gasteiger partial charge in [0.1, 0.15) is 11.3 Å². The predicted octanol–water partition coefficient (Wildman–Crippen LogP) is 2.79. The lowest BCUT2D eigenvalue weighted by Gasteiger charge is -2.09. The van der Waals surface area contributed by atoms with E-state index >= 15 is 0 Å². The molecule has 2 rings (SSSR count). The van der Waals surface area contributed by atoms with Crippen molar-refractivity contribution in [3.05, 3.63) is 57.8 Å². The second kappa shape index (κ2) is 5.35. The number of aromatic nitrogens is 1. The van der Waals surface area contributed by atoms with E-state index in [-0.39, 0.29) is 17.1 Å². The lowest BCUT2D eigenvalue weighted by atomic mass is 10.2. The van der Waals surface area contributed by atoms with Gasteiger partial charge in [-0.25, -0.2) is 9.78 Å². The van der Waals surface area contributed by atoms with Crippen molar-refractivity contribution < 1.29 is 19.6 Å². The van der Waals surface area contributed by atoms with E-state index in [0.717, 1.165) is 0 Å². The van der Waals surface area contributed by atoms with Crippen LogP contribution >= 0.6 is 0 Å². The number of aryl methyl sites for hydroxylation is 1. The van der Waals surface area contributed by atoms with Crippen molar-refractivity contribution in [3.8, 4) is 11.6 Å². The Morgan fingerprint density at radius 1 is 1.40 bits per heavy atom. The fourth-order valence-corrected chi connectivity index (χ4v) is 1.60. The summed E-state index contributed by atoms with van der Waals surface area (Å²) >= 11 is 0. The maximum Gasteiger partial charge on any atom is 0.341 e. The van der Waals surface area contributed by atoms with Crippen LogP contribution in [0.1, 0.15) is 15.9 Å². The van der Waals surface area contributed by atoms with Crippen LogP contribution in [0.2, 0.25) is 0 Å². The number of aromatic carboxylic acids is 1. The van der Waals surface area contributed by atoms with Gasteiger partial charge in [0.05, 0.1) is 4.92 Å². The summed E-state index contributed by atoms with van der Waals surface area (Å²) in [5.41, 5.74) is 0.376. The SMILES string of the molecule is Cc1cc([N+](=O)[O-])ccc1Oc1ncccc1C(=O)O. The van der Waals surface area contributed by atoms with Crippen LogP contribution in [0.5, 0.6) is 11.6 Å². The van der Waals surface area contributed by atoms with Gasteiger partial charge in [-0.05, 0) is 30.7 Å². The number of rotatable bonds is 4. The molecule has 0 aliphatic rings. The van der Waals surface area contributed by atoms with Crippen molar-refractivity contribution in [3.63, 3.8) is 0 Å². The standard InChI is InChI=1S/C13H10N2O5/c1-8-7-9(15(18)19)4-5-11(8)20-12-10(13(16)17)3-2-6-14-12/h2-7H,1H3,(H,16,17). The molecule has 0 unspecified atom stereocenters. The molecule has 2 aromatic rings. The molecular formula is C13H10N2O5. The summed E-state index contributed by atoms with van der Waals surface area (Å²) in [6, 6.07) is 6.89. The fraction of sp³-hybridized carbons (Fsp3) is 0.0769. The number of pyridine rings is 1. The summed E-state index contributed by atoms with van der Waals surface area (Å²) in [6.45, 7) is 1.63. The first-order chi connectivity index (χ1) is 9.49. The molecule has 0 saturated carbocycles. The van der Waals surface area contributed by atoms with Crippen LogP contribution < -0.4 is 4.74 Å². The number of benzene rings is 1. The number of nitrogens with zero attached hydrogens (tertiary/aromatic N) is 2. The molecule has 0 saturated heterocycles. The fourth-order valence-electron chi connectivity index (χ4n) is 1.60. The predicted molar refractivity (Wildman–Crippen MR) is 69.1 cm³/mol. The lowest BCUT2D eigenvalue weighted by Crippen LogP contribution is -2.02. The van der Waals surface area contributed by atoms with E-state index in [2.05, 4.69) is 4.98 Å². The Morgan fingerprint density at radius 2 is 2.15 bits per heavy atom. The van der Waals surface area contributed by atoms with Crippen LogP contribution in [0.25, 0.3) is 0 Å². The monoisotopic (exact) mass is 274 g/mol. The minimum atomic E-state index is -1.16. The van der Waals surface area contributed by atoms with E-state index in [4.69, 9.17) is 9.84 Å². The zero-order chi connectivity index (χ0) is 14.7. The molecule has 1 heterocycles. The Balaban J connectivity index is 2.36. The number of carbonyl (C=O) groups is 1. The number of non-ortho nitro benzene ring substituents is 1. The Bertz CT molecular complexity index is 684. The van der Waals surface area contributed by atoms with Crippen LogP contribution in [-0.2, 0) is 0 Å². The van der Waals surface area contributed by atoms with Gasteiger partial charge in [0.2, 0.25) is 5.88 Å². The first kappa shape index (κ1) is 13.5. The summed E-state index contributed by atoms with van der Waals surface area (Å²) < 4.78 is 5.42. The number of ether oxygens (including phenoxy) is 1. The number of carboxylic acids is 1. The summed E-state index contributed by atoms with van der Waals surface area (Å²) in [4.78, 5) is 25.0. The van der Waals surface area contributed by atoms with Crippen molar-refractivity contribution in [2.24, 2.45) is 0 Å². The molecule has 7 nitrogen and oxygen atoms in total. The third-order valence-electron chi connectivity index (χ3n) is 2.58. The molecule has 0 atom stereocenters. The molecule has 0 amide bonds. The topological polar surface area (TPSA) is 103 Å². The highest BCUT2D eigenvalue weighted by atomic mass is 16.6. The van der Waals surface area contributed by atoms with Gasteiger partial charge >= 0.3 is 5.97 Å². The summed E-state index contributed by atoms with van der Waals surface area (Å²) in [6.07, 6.45) is 1.41. The minimum absolute atomic E-state index is 0.0584. The van der Waals surface area contributed by atoms with Gasteiger partial charge in [0.15, 0.2) is 0 Å². The molecule has 0 aliphatic heterocycles. The highest BCUT2D eigenvalue weighted by Crippen LogP contribution is 2.28. The molecular weight excluding hydrogens is 264 g/mol. The molecule has 0 bridgehead atoms. The second-order valence-corrected chi connectivity index (χ2v) is 3.97. The van der Waals surface area contributed by atoms with Crippen LogP contribution in [0.15, 0.2) is 36.5 Å². The molecule has 0 spiro atoms. The molecule has 1 aromatic carbocycles. The normalized spacial score (nSPS) is 10.1. The quantitative estimate of drug-likeness (QED) is 0.679. The minimum Gasteiger partial charge on any atom is -0.477 e. The first-order valence-corrected chi connectivity index (χ1v) is 5.60. The molecule has 0 aliphatic carbocycles. The van der Waals surface area contributed by atoms with Gasteiger partial charge in [-0.15, -0.1) is 0 Å². The average Bonchev–Trinajstić information content (AvgIpc) is 2.41. The maximum atomic E-state index is 11.0. The summed E-state index contributed by atoms with van der Waals surface area (Å²) in [7, 11) is 0. The van der Waals surface area contributed by atoms with Crippen molar-refractivity contribution in [2.45, 2.75) is 6.92 Å². The molecule has 1 aromatic heterocycles. The number of hydrogen-bond donors (Lipinski definition) is 1. The summed E-state index contributed by atoms with van der Waals surface area (Å²) in [5.74, 6) is -0.901. The number of nitro benzene ring substituents is 1. The number of carboxylic acid groups (broad SMARTS) is 1. The van der Waals surface area contributed by atoms with Crippen LogP contribution in [0, 0.1) is 17.0 Å². The third-order valence-corrected chi connectivity index (χ3v) is 2.58. The van der Waals surface area contributed by atoms with E-state index in [9.17, 15) is 14.9 Å². The number of hydrogen-bond acceptors (Lipinski definition) is 5. The van der Waals surface area contributed by atoms with Gasteiger partial charge in [-0.2, -0.15) is 0 Å². The van der Waals surface area contributed by atoms with Crippen molar-refractivity contribution in [1.29, 1.82) is 0 Å². The lowest BCUT2D eigenvalue weighted by molar-refractivity contribution is -0.384. The van der Waals surface area contributed by atoms with Gasteiger partial charge in [-0.1, -0.05) is 0 Å². The molecule has 0 radical (unpaired) electrons. The highest BCUT2D eigenvalue weighted by Gasteiger charge is 2.15. The Kier molecular flexibility index (Phi) is 3.60. The van der Waals surface area contributed by atoms with E-state index in [0.29, 0.717) is 11.3 Å². The highest BCUT2D eigenvalue weighted by molar-refractivity contribution is 5.90. The van der Waals surface area contributed by atoms with Crippen LogP contribution in [0.3, 0.4) is 0 Å². The largest absolute Gasteiger partial charge is 0.477 e. The zero-order valence-corrected chi connectivity index (χ0v) is 10.4. The number of nitro groups is 1. The Hall–Kier alpha value is -2.96. The molecule has 7 heteroatoms. The summed E-state index contributed by atoms with van der Waals surface area (Å²) in [5, 5.41) is 19.7.